The number of benzene rings is 1. The van der Waals surface area contributed by atoms with Gasteiger partial charge in [-0.2, -0.15) is 0 Å². The van der Waals surface area contributed by atoms with Gasteiger partial charge in [0, 0.05) is 17.5 Å². The van der Waals surface area contributed by atoms with E-state index in [0.29, 0.717) is 6.61 Å². The summed E-state index contributed by atoms with van der Waals surface area (Å²) in [6.45, 7) is 3.52. The Bertz CT molecular complexity index is 454. The molecule has 0 bridgehead atoms. The van der Waals surface area contributed by atoms with Crippen molar-refractivity contribution in [1.29, 1.82) is 0 Å². The highest BCUT2D eigenvalue weighted by Crippen LogP contribution is 2.42. The molecular weight excluding hydrogens is 224 g/mol. The van der Waals surface area contributed by atoms with Gasteiger partial charge in [-0.3, -0.25) is 0 Å². The summed E-state index contributed by atoms with van der Waals surface area (Å²) in [5, 5.41) is 0. The number of nitrogens with zero attached hydrogens (tertiary/aromatic N) is 1. The minimum Gasteiger partial charge on any atom is -0.475 e. The van der Waals surface area contributed by atoms with Crippen molar-refractivity contribution in [2.45, 2.75) is 37.6 Å². The number of ether oxygens (including phenoxy) is 1. The third kappa shape index (κ3) is 1.83. The summed E-state index contributed by atoms with van der Waals surface area (Å²) in [6.07, 6.45) is 3.74. The van der Waals surface area contributed by atoms with Crippen molar-refractivity contribution in [1.82, 2.24) is 0 Å². The zero-order chi connectivity index (χ0) is 12.6. The molecule has 3 heteroatoms. The lowest BCUT2D eigenvalue weighted by atomic mass is 9.64. The minimum atomic E-state index is 0.240. The smallest absolute Gasteiger partial charge is 0.216 e. The van der Waals surface area contributed by atoms with Crippen LogP contribution in [-0.4, -0.2) is 25.1 Å². The van der Waals surface area contributed by atoms with Crippen LogP contribution < -0.4 is 5.73 Å². The van der Waals surface area contributed by atoms with Crippen LogP contribution in [0.25, 0.3) is 0 Å². The van der Waals surface area contributed by atoms with Gasteiger partial charge >= 0.3 is 0 Å². The van der Waals surface area contributed by atoms with Gasteiger partial charge in [0.25, 0.3) is 0 Å². The summed E-state index contributed by atoms with van der Waals surface area (Å²) in [4.78, 5) is 4.47. The second-order valence-corrected chi connectivity index (χ2v) is 5.51. The van der Waals surface area contributed by atoms with E-state index in [-0.39, 0.29) is 11.5 Å². The van der Waals surface area contributed by atoms with Crippen molar-refractivity contribution in [2.75, 3.05) is 13.2 Å². The standard InChI is InChI=1S/C15H20N2O/c1-11-9-18-14(17-11)12-3-5-13(6-4-12)15(10-16)7-2-8-15/h3-6,11H,2,7-10,16H2,1H3. The molecule has 1 aliphatic heterocycles. The van der Waals surface area contributed by atoms with Gasteiger partial charge in [0.15, 0.2) is 0 Å². The lowest BCUT2D eigenvalue weighted by molar-refractivity contribution is 0.253. The maximum Gasteiger partial charge on any atom is 0.216 e. The second-order valence-electron chi connectivity index (χ2n) is 5.51. The van der Waals surface area contributed by atoms with E-state index in [9.17, 15) is 0 Å². The third-order valence-corrected chi connectivity index (χ3v) is 4.24. The Morgan fingerprint density at radius 3 is 2.50 bits per heavy atom. The largest absolute Gasteiger partial charge is 0.475 e. The highest BCUT2D eigenvalue weighted by molar-refractivity contribution is 5.95. The predicted octanol–water partition coefficient (Wildman–Crippen LogP) is 2.23. The summed E-state index contributed by atoms with van der Waals surface area (Å²) < 4.78 is 5.57. The molecule has 1 heterocycles. The van der Waals surface area contributed by atoms with E-state index in [2.05, 4.69) is 36.2 Å². The fraction of sp³-hybridized carbons (Fsp3) is 0.533. The minimum absolute atomic E-state index is 0.240. The molecule has 1 aromatic carbocycles. The molecule has 0 spiro atoms. The fourth-order valence-corrected chi connectivity index (χ4v) is 2.81. The maximum atomic E-state index is 5.93. The molecule has 1 unspecified atom stereocenters. The van der Waals surface area contributed by atoms with Crippen molar-refractivity contribution >= 4 is 5.90 Å². The molecule has 0 aromatic heterocycles. The van der Waals surface area contributed by atoms with Crippen molar-refractivity contribution in [3.63, 3.8) is 0 Å². The molecule has 3 rings (SSSR count). The van der Waals surface area contributed by atoms with Crippen LogP contribution in [0, 0.1) is 0 Å². The van der Waals surface area contributed by atoms with Gasteiger partial charge in [0.2, 0.25) is 5.90 Å². The van der Waals surface area contributed by atoms with Crippen LogP contribution in [0.2, 0.25) is 0 Å². The molecule has 1 atom stereocenters. The lowest BCUT2D eigenvalue weighted by Gasteiger charge is -2.41. The first-order valence-electron chi connectivity index (χ1n) is 6.75. The van der Waals surface area contributed by atoms with Crippen molar-refractivity contribution in [3.05, 3.63) is 35.4 Å². The van der Waals surface area contributed by atoms with Crippen LogP contribution in [0.3, 0.4) is 0 Å². The van der Waals surface area contributed by atoms with Gasteiger partial charge in [0.05, 0.1) is 6.04 Å². The van der Waals surface area contributed by atoms with Gasteiger partial charge in [-0.15, -0.1) is 0 Å². The molecule has 0 amide bonds. The number of hydrogen-bond donors (Lipinski definition) is 1. The zero-order valence-corrected chi connectivity index (χ0v) is 10.9. The van der Waals surface area contributed by atoms with Crippen molar-refractivity contribution < 1.29 is 4.74 Å². The average molecular weight is 244 g/mol. The predicted molar refractivity (Wildman–Crippen MR) is 73.0 cm³/mol. The molecule has 2 aliphatic rings. The van der Waals surface area contributed by atoms with E-state index in [4.69, 9.17) is 10.5 Å². The van der Waals surface area contributed by atoms with E-state index in [1.807, 2.05) is 0 Å². The average Bonchev–Trinajstić information content (AvgIpc) is 2.76. The summed E-state index contributed by atoms with van der Waals surface area (Å²) in [5.41, 5.74) is 8.62. The molecule has 1 aliphatic carbocycles. The topological polar surface area (TPSA) is 47.6 Å². The van der Waals surface area contributed by atoms with Crippen LogP contribution in [0.4, 0.5) is 0 Å². The Balaban J connectivity index is 1.83. The van der Waals surface area contributed by atoms with Crippen molar-refractivity contribution in [3.8, 4) is 0 Å². The highest BCUT2D eigenvalue weighted by Gasteiger charge is 2.37. The van der Waals surface area contributed by atoms with E-state index in [0.717, 1.165) is 18.0 Å². The number of aliphatic imine (C=N–C) groups is 1. The van der Waals surface area contributed by atoms with Crippen LogP contribution in [0.5, 0.6) is 0 Å². The lowest BCUT2D eigenvalue weighted by Crippen LogP contribution is -2.41. The molecule has 1 aromatic rings. The van der Waals surface area contributed by atoms with Gasteiger partial charge in [-0.05, 0) is 37.5 Å². The van der Waals surface area contributed by atoms with E-state index in [1.54, 1.807) is 0 Å². The van der Waals surface area contributed by atoms with E-state index in [1.165, 1.54) is 24.8 Å². The molecule has 18 heavy (non-hydrogen) atoms. The number of nitrogens with two attached hydrogens (primary N) is 1. The Kier molecular flexibility index (Phi) is 2.86. The van der Waals surface area contributed by atoms with Crippen LogP contribution in [0.15, 0.2) is 29.3 Å². The first kappa shape index (κ1) is 11.7. The normalized spacial score (nSPS) is 25.2. The quantitative estimate of drug-likeness (QED) is 0.886. The van der Waals surface area contributed by atoms with Gasteiger partial charge in [-0.1, -0.05) is 18.6 Å². The summed E-state index contributed by atoms with van der Waals surface area (Å²) in [7, 11) is 0. The van der Waals surface area contributed by atoms with Crippen LogP contribution in [0.1, 0.15) is 37.3 Å². The summed E-state index contributed by atoms with van der Waals surface area (Å²) in [5.74, 6) is 0.782. The molecule has 2 N–H and O–H groups in total. The van der Waals surface area contributed by atoms with E-state index < -0.39 is 0 Å². The molecule has 3 nitrogen and oxygen atoms in total. The van der Waals surface area contributed by atoms with Crippen molar-refractivity contribution in [2.24, 2.45) is 10.7 Å². The zero-order valence-electron chi connectivity index (χ0n) is 10.9. The van der Waals surface area contributed by atoms with Gasteiger partial charge in [0.1, 0.15) is 6.61 Å². The Hall–Kier alpha value is -1.35. The molecule has 1 saturated carbocycles. The highest BCUT2D eigenvalue weighted by atomic mass is 16.5. The maximum absolute atomic E-state index is 5.93. The fourth-order valence-electron chi connectivity index (χ4n) is 2.81. The third-order valence-electron chi connectivity index (χ3n) is 4.24. The summed E-state index contributed by atoms with van der Waals surface area (Å²) in [6, 6.07) is 8.89. The SMILES string of the molecule is CC1COC(c2ccc(C3(CN)CCC3)cc2)=N1. The first-order valence-corrected chi connectivity index (χ1v) is 6.75. The monoisotopic (exact) mass is 244 g/mol. The van der Waals surface area contributed by atoms with Crippen LogP contribution >= 0.6 is 0 Å². The Morgan fingerprint density at radius 2 is 2.06 bits per heavy atom. The van der Waals surface area contributed by atoms with Gasteiger partial charge < -0.3 is 10.5 Å². The Morgan fingerprint density at radius 1 is 1.33 bits per heavy atom. The molecule has 0 radical (unpaired) electrons. The molecule has 96 valence electrons. The molecule has 0 saturated heterocycles. The number of rotatable bonds is 3. The first-order chi connectivity index (χ1) is 8.73. The molecule has 1 fully saturated rings. The molecular formula is C15H20N2O. The number of hydrogen-bond acceptors (Lipinski definition) is 3. The van der Waals surface area contributed by atoms with Gasteiger partial charge in [-0.25, -0.2) is 4.99 Å². The van der Waals surface area contributed by atoms with Crippen LogP contribution in [-0.2, 0) is 10.2 Å². The van der Waals surface area contributed by atoms with E-state index >= 15 is 0 Å². The Labute approximate surface area is 108 Å². The second kappa shape index (κ2) is 4.39. The summed E-state index contributed by atoms with van der Waals surface area (Å²) >= 11 is 0.